The first-order valence-electron chi connectivity index (χ1n) is 9.06. The summed E-state index contributed by atoms with van der Waals surface area (Å²) in [5.41, 5.74) is 0.948. The summed E-state index contributed by atoms with van der Waals surface area (Å²) in [7, 11) is -0.740. The molecule has 2 amide bonds. The molecule has 0 aromatic heterocycles. The van der Waals surface area contributed by atoms with E-state index in [1.54, 1.807) is 25.1 Å². The lowest BCUT2D eigenvalue weighted by Crippen LogP contribution is -2.32. The first-order chi connectivity index (χ1) is 14.1. The lowest BCUT2D eigenvalue weighted by molar-refractivity contribution is -0.120. The van der Waals surface area contributed by atoms with Gasteiger partial charge in [0, 0.05) is 26.3 Å². The Morgan fingerprint density at radius 2 is 1.73 bits per heavy atom. The number of carbonyl (C=O) groups is 2. The highest BCUT2D eigenvalue weighted by Crippen LogP contribution is 2.19. The molecule has 0 aliphatic heterocycles. The van der Waals surface area contributed by atoms with Crippen molar-refractivity contribution in [2.45, 2.75) is 23.6 Å². The quantitative estimate of drug-likeness (QED) is 0.608. The van der Waals surface area contributed by atoms with Crippen LogP contribution in [0.25, 0.3) is 0 Å². The second-order valence-corrected chi connectivity index (χ2v) is 10.1. The van der Waals surface area contributed by atoms with Gasteiger partial charge in [-0.1, -0.05) is 18.2 Å². The van der Waals surface area contributed by atoms with Crippen molar-refractivity contribution in [1.82, 2.24) is 9.62 Å². The van der Waals surface area contributed by atoms with E-state index in [4.69, 9.17) is 0 Å². The zero-order chi connectivity index (χ0) is 22.3. The fraction of sp³-hybridized carbons (Fsp3) is 0.300. The number of benzene rings is 2. The summed E-state index contributed by atoms with van der Waals surface area (Å²) >= 11 is 1.14. The third-order valence-corrected chi connectivity index (χ3v) is 7.20. The van der Waals surface area contributed by atoms with Crippen LogP contribution in [0.2, 0.25) is 0 Å². The maximum atomic E-state index is 12.9. The molecule has 10 heteroatoms. The van der Waals surface area contributed by atoms with E-state index in [1.165, 1.54) is 44.4 Å². The molecule has 0 saturated heterocycles. The standard InChI is InChI=1S/C20H24FN3O4S2/c1-14(29-13-19(25)23-17-10-8-16(21)9-11-17)20(26)22-12-15-6-4-5-7-18(15)30(27,28)24(2)3/h4-11,14H,12-13H2,1-3H3,(H,22,26)(H,23,25). The number of hydrogen-bond acceptors (Lipinski definition) is 5. The number of thioether (sulfide) groups is 1. The molecular weight excluding hydrogens is 429 g/mol. The minimum absolute atomic E-state index is 0.0392. The minimum atomic E-state index is -3.63. The van der Waals surface area contributed by atoms with Crippen molar-refractivity contribution >= 4 is 39.3 Å². The second kappa shape index (κ2) is 10.6. The normalized spacial score (nSPS) is 12.4. The summed E-state index contributed by atoms with van der Waals surface area (Å²) < 4.78 is 38.9. The molecule has 0 aliphatic carbocycles. The number of carbonyl (C=O) groups excluding carboxylic acids is 2. The van der Waals surface area contributed by atoms with E-state index in [2.05, 4.69) is 10.6 Å². The third kappa shape index (κ3) is 6.54. The Morgan fingerprint density at radius 1 is 1.10 bits per heavy atom. The SMILES string of the molecule is CC(SCC(=O)Nc1ccc(F)cc1)C(=O)NCc1ccccc1S(=O)(=O)N(C)C. The van der Waals surface area contributed by atoms with Crippen LogP contribution in [0.1, 0.15) is 12.5 Å². The van der Waals surface area contributed by atoms with Crippen molar-refractivity contribution in [3.8, 4) is 0 Å². The highest BCUT2D eigenvalue weighted by Gasteiger charge is 2.21. The molecule has 30 heavy (non-hydrogen) atoms. The lowest BCUT2D eigenvalue weighted by Gasteiger charge is -2.16. The average Bonchev–Trinajstić information content (AvgIpc) is 2.72. The van der Waals surface area contributed by atoms with E-state index in [1.807, 2.05) is 0 Å². The van der Waals surface area contributed by atoms with Gasteiger partial charge in [0.2, 0.25) is 21.8 Å². The number of sulfonamides is 1. The van der Waals surface area contributed by atoms with E-state index in [0.29, 0.717) is 11.3 Å². The van der Waals surface area contributed by atoms with Gasteiger partial charge in [0.15, 0.2) is 0 Å². The summed E-state index contributed by atoms with van der Waals surface area (Å²) in [6, 6.07) is 11.9. The molecule has 0 fully saturated rings. The summed E-state index contributed by atoms with van der Waals surface area (Å²) in [4.78, 5) is 24.5. The summed E-state index contributed by atoms with van der Waals surface area (Å²) in [5, 5.41) is 4.81. The van der Waals surface area contributed by atoms with Gasteiger partial charge in [-0.05, 0) is 42.8 Å². The van der Waals surface area contributed by atoms with E-state index >= 15 is 0 Å². The molecule has 0 saturated carbocycles. The van der Waals surface area contributed by atoms with Crippen LogP contribution in [0.3, 0.4) is 0 Å². The minimum Gasteiger partial charge on any atom is -0.351 e. The summed E-state index contributed by atoms with van der Waals surface area (Å²) in [6.07, 6.45) is 0. The molecule has 162 valence electrons. The van der Waals surface area contributed by atoms with Crippen molar-refractivity contribution in [2.75, 3.05) is 25.2 Å². The Labute approximate surface area is 180 Å². The number of nitrogens with one attached hydrogen (secondary N) is 2. The zero-order valence-corrected chi connectivity index (χ0v) is 18.5. The Bertz CT molecular complexity index is 995. The molecule has 7 nitrogen and oxygen atoms in total. The Balaban J connectivity index is 1.88. The molecule has 0 bridgehead atoms. The van der Waals surface area contributed by atoms with Crippen LogP contribution in [-0.2, 0) is 26.2 Å². The highest BCUT2D eigenvalue weighted by molar-refractivity contribution is 8.01. The molecule has 1 atom stereocenters. The maximum Gasteiger partial charge on any atom is 0.242 e. The molecule has 0 aliphatic rings. The molecular formula is C20H24FN3O4S2. The third-order valence-electron chi connectivity index (χ3n) is 4.15. The largest absolute Gasteiger partial charge is 0.351 e. The number of anilines is 1. The number of nitrogens with zero attached hydrogens (tertiary/aromatic N) is 1. The molecule has 1 unspecified atom stereocenters. The van der Waals surface area contributed by atoms with Crippen LogP contribution >= 0.6 is 11.8 Å². The smallest absolute Gasteiger partial charge is 0.242 e. The topological polar surface area (TPSA) is 95.6 Å². The molecule has 2 aromatic carbocycles. The first-order valence-corrected chi connectivity index (χ1v) is 11.6. The van der Waals surface area contributed by atoms with E-state index in [0.717, 1.165) is 16.1 Å². The lowest BCUT2D eigenvalue weighted by atomic mass is 10.2. The Morgan fingerprint density at radius 3 is 2.37 bits per heavy atom. The van der Waals surface area contributed by atoms with Gasteiger partial charge in [-0.2, -0.15) is 0 Å². The highest BCUT2D eigenvalue weighted by atomic mass is 32.2. The van der Waals surface area contributed by atoms with Gasteiger partial charge in [0.1, 0.15) is 5.82 Å². The van der Waals surface area contributed by atoms with Crippen molar-refractivity contribution in [2.24, 2.45) is 0 Å². The Hall–Kier alpha value is -2.43. The van der Waals surface area contributed by atoms with Gasteiger partial charge in [0.25, 0.3) is 0 Å². The maximum absolute atomic E-state index is 12.9. The van der Waals surface area contributed by atoms with E-state index < -0.39 is 21.1 Å². The van der Waals surface area contributed by atoms with Gasteiger partial charge in [-0.3, -0.25) is 9.59 Å². The number of rotatable bonds is 9. The van der Waals surface area contributed by atoms with Crippen LogP contribution in [0, 0.1) is 5.82 Å². The molecule has 2 aromatic rings. The number of hydrogen-bond donors (Lipinski definition) is 2. The Kier molecular flexibility index (Phi) is 8.39. The van der Waals surface area contributed by atoms with E-state index in [-0.39, 0.29) is 29.0 Å². The van der Waals surface area contributed by atoms with Crippen LogP contribution < -0.4 is 10.6 Å². The molecule has 0 spiro atoms. The summed E-state index contributed by atoms with van der Waals surface area (Å²) in [5.74, 6) is -0.981. The number of halogens is 1. The van der Waals surface area contributed by atoms with Crippen molar-refractivity contribution < 1.29 is 22.4 Å². The van der Waals surface area contributed by atoms with Crippen molar-refractivity contribution in [3.63, 3.8) is 0 Å². The molecule has 2 N–H and O–H groups in total. The predicted molar refractivity (Wildman–Crippen MR) is 116 cm³/mol. The monoisotopic (exact) mass is 453 g/mol. The van der Waals surface area contributed by atoms with Crippen molar-refractivity contribution in [1.29, 1.82) is 0 Å². The number of amides is 2. The predicted octanol–water partition coefficient (Wildman–Crippen LogP) is 2.45. The van der Waals surface area contributed by atoms with Gasteiger partial charge in [0.05, 0.1) is 15.9 Å². The van der Waals surface area contributed by atoms with Gasteiger partial charge < -0.3 is 10.6 Å². The summed E-state index contributed by atoms with van der Waals surface area (Å²) in [6.45, 7) is 1.71. The van der Waals surface area contributed by atoms with Crippen LogP contribution in [0.5, 0.6) is 0 Å². The molecule has 2 rings (SSSR count). The first kappa shape index (κ1) is 23.8. The van der Waals surface area contributed by atoms with Gasteiger partial charge >= 0.3 is 0 Å². The molecule has 0 radical (unpaired) electrons. The van der Waals surface area contributed by atoms with Crippen molar-refractivity contribution in [3.05, 3.63) is 59.9 Å². The van der Waals surface area contributed by atoms with Crippen LogP contribution in [0.15, 0.2) is 53.4 Å². The second-order valence-electron chi connectivity index (χ2n) is 6.62. The van der Waals surface area contributed by atoms with Crippen LogP contribution in [0.4, 0.5) is 10.1 Å². The zero-order valence-electron chi connectivity index (χ0n) is 16.9. The van der Waals surface area contributed by atoms with Gasteiger partial charge in [-0.25, -0.2) is 17.1 Å². The van der Waals surface area contributed by atoms with Gasteiger partial charge in [-0.15, -0.1) is 11.8 Å². The molecule has 0 heterocycles. The van der Waals surface area contributed by atoms with Crippen LogP contribution in [-0.4, -0.2) is 49.6 Å². The fourth-order valence-electron chi connectivity index (χ4n) is 2.43. The average molecular weight is 454 g/mol. The van der Waals surface area contributed by atoms with E-state index in [9.17, 15) is 22.4 Å². The fourth-order valence-corrected chi connectivity index (χ4v) is 4.25.